The second-order valence-corrected chi connectivity index (χ2v) is 6.49. The Labute approximate surface area is 162 Å². The number of nitriles is 1. The van der Waals surface area contributed by atoms with Crippen LogP contribution in [0.4, 0.5) is 0 Å². The molecule has 0 aliphatic rings. The predicted molar refractivity (Wildman–Crippen MR) is 109 cm³/mol. The summed E-state index contributed by atoms with van der Waals surface area (Å²) in [5.41, 5.74) is 5.11. The summed E-state index contributed by atoms with van der Waals surface area (Å²) in [4.78, 5) is 12.2. The maximum Gasteiger partial charge on any atom is 0.149 e. The molecular weight excluding hydrogens is 350 g/mol. The van der Waals surface area contributed by atoms with Crippen LogP contribution in [0.2, 0.25) is 0 Å². The molecule has 0 bridgehead atoms. The predicted octanol–water partition coefficient (Wildman–Crippen LogP) is 4.44. The van der Waals surface area contributed by atoms with Crippen LogP contribution in [-0.2, 0) is 0 Å². The van der Waals surface area contributed by atoms with Crippen LogP contribution in [0.15, 0.2) is 48.7 Å². The van der Waals surface area contributed by atoms with Gasteiger partial charge in [-0.3, -0.25) is 0 Å². The van der Waals surface area contributed by atoms with Gasteiger partial charge in [0.1, 0.15) is 23.5 Å². The lowest BCUT2D eigenvalue weighted by Gasteiger charge is -2.07. The molecule has 0 unspecified atom stereocenters. The van der Waals surface area contributed by atoms with Crippen molar-refractivity contribution in [3.8, 4) is 17.6 Å². The number of H-pyrrole nitrogens is 1. The average molecular weight is 369 g/mol. The van der Waals surface area contributed by atoms with E-state index in [4.69, 9.17) is 4.74 Å². The number of fused-ring (bicyclic) bond motifs is 1. The van der Waals surface area contributed by atoms with Gasteiger partial charge in [0.2, 0.25) is 0 Å². The monoisotopic (exact) mass is 369 g/mol. The van der Waals surface area contributed by atoms with Gasteiger partial charge in [0, 0.05) is 23.7 Å². The number of aryl methyl sites for hydroxylation is 1. The van der Waals surface area contributed by atoms with Gasteiger partial charge in [-0.2, -0.15) is 5.26 Å². The van der Waals surface area contributed by atoms with Crippen LogP contribution in [0, 0.1) is 25.2 Å². The third-order valence-corrected chi connectivity index (χ3v) is 4.71. The molecule has 28 heavy (non-hydrogen) atoms. The Bertz CT molecular complexity index is 1230. The van der Waals surface area contributed by atoms with Crippen molar-refractivity contribution in [2.24, 2.45) is 0 Å². The molecule has 138 valence electrons. The number of allylic oxidation sites excluding steroid dienone is 1. The Balaban J connectivity index is 1.78. The molecule has 4 rings (SSSR count). The first-order valence-corrected chi connectivity index (χ1v) is 8.87. The van der Waals surface area contributed by atoms with Crippen LogP contribution in [0.1, 0.15) is 22.8 Å². The number of ether oxygens (including phenoxy) is 1. The number of nitrogens with zero attached hydrogens (tertiary/aromatic N) is 4. The van der Waals surface area contributed by atoms with Gasteiger partial charge in [0.15, 0.2) is 0 Å². The molecule has 3 aromatic heterocycles. The summed E-state index contributed by atoms with van der Waals surface area (Å²) in [5.74, 6) is 2.13. The molecular formula is C22H19N5O. The fourth-order valence-corrected chi connectivity index (χ4v) is 3.32. The highest BCUT2D eigenvalue weighted by atomic mass is 16.5. The molecule has 0 radical (unpaired) electrons. The van der Waals surface area contributed by atoms with Gasteiger partial charge < -0.3 is 14.3 Å². The normalized spacial score (nSPS) is 11.6. The lowest BCUT2D eigenvalue weighted by molar-refractivity contribution is 0.415. The molecule has 0 aliphatic heterocycles. The van der Waals surface area contributed by atoms with E-state index in [1.54, 1.807) is 13.3 Å². The molecule has 6 heteroatoms. The highest BCUT2D eigenvalue weighted by Gasteiger charge is 2.13. The Kier molecular flexibility index (Phi) is 4.42. The molecule has 0 saturated heterocycles. The number of aromatic nitrogens is 4. The zero-order chi connectivity index (χ0) is 19.7. The smallest absolute Gasteiger partial charge is 0.149 e. The fraction of sp³-hybridized carbons (Fsp3) is 0.136. The lowest BCUT2D eigenvalue weighted by atomic mass is 10.1. The molecule has 1 N–H and O–H groups in total. The molecule has 3 heterocycles. The van der Waals surface area contributed by atoms with E-state index in [0.717, 1.165) is 39.6 Å². The van der Waals surface area contributed by atoms with Crippen molar-refractivity contribution in [2.45, 2.75) is 13.8 Å². The standard InChI is InChI=1S/C22H19N5O/c1-14-10-16(15(2)27(14)21-6-4-5-9-24-21)11-17(13-23)22-25-19-8-7-18(28-3)12-20(19)26-22/h4-12H,1-3H3,(H,25,26)/b17-11-. The van der Waals surface area contributed by atoms with Crippen molar-refractivity contribution < 1.29 is 4.74 Å². The molecule has 0 fully saturated rings. The third-order valence-electron chi connectivity index (χ3n) is 4.71. The van der Waals surface area contributed by atoms with E-state index in [1.807, 2.05) is 62.4 Å². The van der Waals surface area contributed by atoms with Crippen molar-refractivity contribution in [1.82, 2.24) is 19.5 Å². The Morgan fingerprint density at radius 3 is 2.79 bits per heavy atom. The molecule has 0 spiro atoms. The number of methoxy groups -OCH3 is 1. The summed E-state index contributed by atoms with van der Waals surface area (Å²) in [5, 5.41) is 9.73. The number of nitrogens with one attached hydrogen (secondary N) is 1. The summed E-state index contributed by atoms with van der Waals surface area (Å²) in [7, 11) is 1.62. The summed E-state index contributed by atoms with van der Waals surface area (Å²) in [6.07, 6.45) is 3.63. The lowest BCUT2D eigenvalue weighted by Crippen LogP contribution is -2.01. The summed E-state index contributed by atoms with van der Waals surface area (Å²) < 4.78 is 7.33. The third kappa shape index (κ3) is 3.03. The highest BCUT2D eigenvalue weighted by molar-refractivity contribution is 5.91. The van der Waals surface area contributed by atoms with Crippen LogP contribution in [0.3, 0.4) is 0 Å². The zero-order valence-corrected chi connectivity index (χ0v) is 15.9. The Hall–Kier alpha value is -3.85. The van der Waals surface area contributed by atoms with E-state index in [0.29, 0.717) is 11.4 Å². The topological polar surface area (TPSA) is 79.5 Å². The SMILES string of the molecule is COc1ccc2nc(/C(C#N)=C\c3cc(C)n(-c4ccccn4)c3C)[nH]c2c1. The average Bonchev–Trinajstić information content (AvgIpc) is 3.26. The first-order valence-electron chi connectivity index (χ1n) is 8.87. The van der Waals surface area contributed by atoms with E-state index in [9.17, 15) is 5.26 Å². The van der Waals surface area contributed by atoms with Gasteiger partial charge in [0.05, 0.1) is 23.7 Å². The molecule has 6 nitrogen and oxygen atoms in total. The van der Waals surface area contributed by atoms with E-state index in [2.05, 4.69) is 25.6 Å². The van der Waals surface area contributed by atoms with Crippen molar-refractivity contribution in [3.63, 3.8) is 0 Å². The number of hydrogen-bond donors (Lipinski definition) is 1. The number of hydrogen-bond acceptors (Lipinski definition) is 4. The molecule has 0 amide bonds. The van der Waals surface area contributed by atoms with Gasteiger partial charge in [-0.15, -0.1) is 0 Å². The molecule has 4 aromatic rings. The van der Waals surface area contributed by atoms with Gasteiger partial charge in [-0.25, -0.2) is 9.97 Å². The number of pyridine rings is 1. The number of imidazole rings is 1. The minimum atomic E-state index is 0.469. The van der Waals surface area contributed by atoms with Crippen molar-refractivity contribution in [2.75, 3.05) is 7.11 Å². The maximum absolute atomic E-state index is 9.73. The van der Waals surface area contributed by atoms with Crippen LogP contribution < -0.4 is 4.74 Å². The first kappa shape index (κ1) is 17.6. The Morgan fingerprint density at radius 2 is 2.07 bits per heavy atom. The van der Waals surface area contributed by atoms with Crippen molar-refractivity contribution in [3.05, 3.63) is 71.4 Å². The van der Waals surface area contributed by atoms with Gasteiger partial charge in [0.25, 0.3) is 0 Å². The molecule has 0 aliphatic carbocycles. The minimum absolute atomic E-state index is 0.469. The highest BCUT2D eigenvalue weighted by Crippen LogP contribution is 2.26. The van der Waals surface area contributed by atoms with E-state index in [-0.39, 0.29) is 0 Å². The fourth-order valence-electron chi connectivity index (χ4n) is 3.32. The van der Waals surface area contributed by atoms with Crippen LogP contribution in [-0.4, -0.2) is 26.6 Å². The van der Waals surface area contributed by atoms with Crippen molar-refractivity contribution in [1.29, 1.82) is 5.26 Å². The van der Waals surface area contributed by atoms with Gasteiger partial charge >= 0.3 is 0 Å². The van der Waals surface area contributed by atoms with Gasteiger partial charge in [-0.05, 0) is 55.8 Å². The summed E-state index contributed by atoms with van der Waals surface area (Å²) >= 11 is 0. The molecule has 0 saturated carbocycles. The van der Waals surface area contributed by atoms with Crippen LogP contribution in [0.25, 0.3) is 28.5 Å². The number of rotatable bonds is 4. The molecule has 1 aromatic carbocycles. The number of benzene rings is 1. The van der Waals surface area contributed by atoms with E-state index >= 15 is 0 Å². The molecule has 0 atom stereocenters. The second-order valence-electron chi connectivity index (χ2n) is 6.49. The first-order chi connectivity index (χ1) is 13.6. The van der Waals surface area contributed by atoms with Crippen molar-refractivity contribution >= 4 is 22.7 Å². The minimum Gasteiger partial charge on any atom is -0.497 e. The number of aromatic amines is 1. The van der Waals surface area contributed by atoms with Gasteiger partial charge in [-0.1, -0.05) is 6.07 Å². The van der Waals surface area contributed by atoms with Crippen LogP contribution in [0.5, 0.6) is 5.75 Å². The van der Waals surface area contributed by atoms with E-state index in [1.165, 1.54) is 0 Å². The Morgan fingerprint density at radius 1 is 1.21 bits per heavy atom. The van der Waals surface area contributed by atoms with E-state index < -0.39 is 0 Å². The quantitative estimate of drug-likeness (QED) is 0.539. The summed E-state index contributed by atoms with van der Waals surface area (Å²) in [6, 6.07) is 15.7. The second kappa shape index (κ2) is 7.05. The summed E-state index contributed by atoms with van der Waals surface area (Å²) in [6.45, 7) is 4.05. The maximum atomic E-state index is 9.73. The van der Waals surface area contributed by atoms with Crippen LogP contribution >= 0.6 is 0 Å². The largest absolute Gasteiger partial charge is 0.497 e. The zero-order valence-electron chi connectivity index (χ0n) is 15.9.